The van der Waals surface area contributed by atoms with Crippen LogP contribution in [0.2, 0.25) is 0 Å². The minimum absolute atomic E-state index is 0.0785. The van der Waals surface area contributed by atoms with Crippen LogP contribution in [0.3, 0.4) is 0 Å². The summed E-state index contributed by atoms with van der Waals surface area (Å²) in [6.07, 6.45) is 6.03. The average Bonchev–Trinajstić information content (AvgIpc) is 2.63. The number of carbonyl (C=O) groups excluding carboxylic acids is 1. The Labute approximate surface area is 89.9 Å². The third-order valence-corrected chi connectivity index (χ3v) is 2.24. The summed E-state index contributed by atoms with van der Waals surface area (Å²) in [7, 11) is 0. The molecule has 1 aromatic rings. The van der Waals surface area contributed by atoms with Crippen molar-refractivity contribution in [3.05, 3.63) is 18.2 Å². The van der Waals surface area contributed by atoms with Crippen molar-refractivity contribution in [1.29, 1.82) is 0 Å². The maximum Gasteiger partial charge on any atom is 0.140 e. The van der Waals surface area contributed by atoms with E-state index >= 15 is 0 Å². The van der Waals surface area contributed by atoms with E-state index in [0.717, 1.165) is 18.8 Å². The average molecular weight is 210 g/mol. The molecule has 0 bridgehead atoms. The van der Waals surface area contributed by atoms with Crippen molar-refractivity contribution < 1.29 is 9.90 Å². The summed E-state index contributed by atoms with van der Waals surface area (Å²) >= 11 is 0. The van der Waals surface area contributed by atoms with Gasteiger partial charge in [-0.1, -0.05) is 6.92 Å². The van der Waals surface area contributed by atoms with Gasteiger partial charge in [-0.15, -0.1) is 0 Å². The van der Waals surface area contributed by atoms with Gasteiger partial charge in [-0.2, -0.15) is 0 Å². The number of carbonyl (C=O) groups is 1. The van der Waals surface area contributed by atoms with Crippen LogP contribution in [0.1, 0.15) is 32.0 Å². The standard InChI is InChI=1S/C11H18N2O2/c1-2-6-13-7-5-12-11(13)9-10(15)4-3-8-14/h5,7,14H,2-4,6,8-9H2,1H3. The highest BCUT2D eigenvalue weighted by Gasteiger charge is 2.08. The van der Waals surface area contributed by atoms with Gasteiger partial charge in [-0.05, 0) is 12.8 Å². The van der Waals surface area contributed by atoms with Crippen LogP contribution in [0.25, 0.3) is 0 Å². The van der Waals surface area contributed by atoms with Crippen LogP contribution in [0.15, 0.2) is 12.4 Å². The van der Waals surface area contributed by atoms with Gasteiger partial charge in [0.2, 0.25) is 0 Å². The number of aromatic nitrogens is 2. The van der Waals surface area contributed by atoms with Crippen LogP contribution in [0.5, 0.6) is 0 Å². The molecule has 0 amide bonds. The molecule has 4 nitrogen and oxygen atoms in total. The van der Waals surface area contributed by atoms with E-state index in [1.165, 1.54) is 0 Å². The van der Waals surface area contributed by atoms with Crippen LogP contribution in [-0.2, 0) is 17.8 Å². The van der Waals surface area contributed by atoms with Gasteiger partial charge < -0.3 is 9.67 Å². The molecule has 0 radical (unpaired) electrons. The van der Waals surface area contributed by atoms with E-state index in [4.69, 9.17) is 5.11 Å². The number of Topliss-reactive ketones (excluding diaryl/α,β-unsaturated/α-hetero) is 1. The Bertz CT molecular complexity index is 307. The first kappa shape index (κ1) is 11.9. The fourth-order valence-electron chi connectivity index (χ4n) is 1.49. The highest BCUT2D eigenvalue weighted by molar-refractivity contribution is 5.80. The molecule has 0 unspecified atom stereocenters. The predicted octanol–water partition coefficient (Wildman–Crippen LogP) is 1.18. The molecule has 1 heterocycles. The minimum Gasteiger partial charge on any atom is -0.396 e. The van der Waals surface area contributed by atoms with Gasteiger partial charge in [0.05, 0.1) is 6.42 Å². The zero-order valence-corrected chi connectivity index (χ0v) is 9.15. The molecule has 0 saturated carbocycles. The zero-order valence-electron chi connectivity index (χ0n) is 9.15. The number of ketones is 1. The molecule has 0 spiro atoms. The molecular formula is C11H18N2O2. The SMILES string of the molecule is CCCn1ccnc1CC(=O)CCCO. The molecule has 0 aromatic carbocycles. The minimum atomic E-state index is 0.0785. The fourth-order valence-corrected chi connectivity index (χ4v) is 1.49. The van der Waals surface area contributed by atoms with E-state index in [-0.39, 0.29) is 12.4 Å². The van der Waals surface area contributed by atoms with Crippen molar-refractivity contribution in [1.82, 2.24) is 9.55 Å². The lowest BCUT2D eigenvalue weighted by molar-refractivity contribution is -0.118. The van der Waals surface area contributed by atoms with Crippen LogP contribution in [0.4, 0.5) is 0 Å². The van der Waals surface area contributed by atoms with Crippen molar-refractivity contribution in [2.45, 2.75) is 39.2 Å². The van der Waals surface area contributed by atoms with Crippen LogP contribution in [0, 0.1) is 0 Å². The third kappa shape index (κ3) is 3.83. The van der Waals surface area contributed by atoms with E-state index in [2.05, 4.69) is 11.9 Å². The van der Waals surface area contributed by atoms with Crippen molar-refractivity contribution in [3.63, 3.8) is 0 Å². The molecule has 0 fully saturated rings. The first-order valence-corrected chi connectivity index (χ1v) is 5.40. The summed E-state index contributed by atoms with van der Waals surface area (Å²) in [5.41, 5.74) is 0. The van der Waals surface area contributed by atoms with Crippen LogP contribution in [-0.4, -0.2) is 27.0 Å². The number of nitrogens with zero attached hydrogens (tertiary/aromatic N) is 2. The van der Waals surface area contributed by atoms with Crippen LogP contribution < -0.4 is 0 Å². The van der Waals surface area contributed by atoms with Crippen molar-refractivity contribution in [2.24, 2.45) is 0 Å². The van der Waals surface area contributed by atoms with Gasteiger partial charge in [0, 0.05) is 32.0 Å². The highest BCUT2D eigenvalue weighted by Crippen LogP contribution is 2.03. The molecule has 0 aliphatic heterocycles. The van der Waals surface area contributed by atoms with Crippen molar-refractivity contribution in [2.75, 3.05) is 6.61 Å². The summed E-state index contributed by atoms with van der Waals surface area (Å²) in [6.45, 7) is 3.08. The van der Waals surface area contributed by atoms with E-state index in [1.807, 2.05) is 10.8 Å². The summed E-state index contributed by atoms with van der Waals surface area (Å²) in [5.74, 6) is 0.979. The maximum absolute atomic E-state index is 11.5. The van der Waals surface area contributed by atoms with E-state index in [9.17, 15) is 4.79 Å². The number of imidazole rings is 1. The Morgan fingerprint density at radius 1 is 1.60 bits per heavy atom. The quantitative estimate of drug-likeness (QED) is 0.735. The van der Waals surface area contributed by atoms with E-state index < -0.39 is 0 Å². The first-order chi connectivity index (χ1) is 7.27. The molecule has 0 aliphatic rings. The molecule has 0 aliphatic carbocycles. The first-order valence-electron chi connectivity index (χ1n) is 5.40. The molecule has 4 heteroatoms. The Hall–Kier alpha value is -1.16. The van der Waals surface area contributed by atoms with Gasteiger partial charge >= 0.3 is 0 Å². The third-order valence-electron chi connectivity index (χ3n) is 2.24. The number of hydrogen-bond acceptors (Lipinski definition) is 3. The second-order valence-corrected chi connectivity index (χ2v) is 3.58. The lowest BCUT2D eigenvalue weighted by Crippen LogP contribution is -2.10. The van der Waals surface area contributed by atoms with Gasteiger partial charge in [-0.25, -0.2) is 4.98 Å². The summed E-state index contributed by atoms with van der Waals surface area (Å²) in [4.78, 5) is 15.6. The molecule has 1 N–H and O–H groups in total. The molecule has 84 valence electrons. The molecule has 0 saturated heterocycles. The lowest BCUT2D eigenvalue weighted by Gasteiger charge is -2.05. The Morgan fingerprint density at radius 2 is 2.40 bits per heavy atom. The van der Waals surface area contributed by atoms with E-state index in [0.29, 0.717) is 19.3 Å². The fraction of sp³-hybridized carbons (Fsp3) is 0.636. The summed E-state index contributed by atoms with van der Waals surface area (Å²) in [6, 6.07) is 0. The van der Waals surface area contributed by atoms with Gasteiger partial charge in [0.25, 0.3) is 0 Å². The predicted molar refractivity (Wildman–Crippen MR) is 57.5 cm³/mol. The van der Waals surface area contributed by atoms with Crippen molar-refractivity contribution >= 4 is 5.78 Å². The molecule has 1 aromatic heterocycles. The van der Waals surface area contributed by atoms with Crippen molar-refractivity contribution in [3.8, 4) is 0 Å². The lowest BCUT2D eigenvalue weighted by atomic mass is 10.1. The molecular weight excluding hydrogens is 192 g/mol. The monoisotopic (exact) mass is 210 g/mol. The van der Waals surface area contributed by atoms with Gasteiger partial charge in [0.15, 0.2) is 0 Å². The van der Waals surface area contributed by atoms with Gasteiger partial charge in [-0.3, -0.25) is 4.79 Å². The maximum atomic E-state index is 11.5. The number of aliphatic hydroxyl groups is 1. The van der Waals surface area contributed by atoms with Crippen LogP contribution >= 0.6 is 0 Å². The number of aryl methyl sites for hydroxylation is 1. The number of hydrogen-bond donors (Lipinski definition) is 1. The summed E-state index contributed by atoms with van der Waals surface area (Å²) in [5, 5.41) is 8.61. The second kappa shape index (κ2) is 6.35. The second-order valence-electron chi connectivity index (χ2n) is 3.58. The largest absolute Gasteiger partial charge is 0.396 e. The topological polar surface area (TPSA) is 55.1 Å². The Morgan fingerprint density at radius 3 is 3.07 bits per heavy atom. The normalized spacial score (nSPS) is 10.5. The summed E-state index contributed by atoms with van der Waals surface area (Å²) < 4.78 is 2.01. The number of rotatable bonds is 7. The Kier molecular flexibility index (Phi) is 5.04. The van der Waals surface area contributed by atoms with Gasteiger partial charge in [0.1, 0.15) is 11.6 Å². The molecule has 0 atom stereocenters. The zero-order chi connectivity index (χ0) is 11.1. The molecule has 15 heavy (non-hydrogen) atoms. The highest BCUT2D eigenvalue weighted by atomic mass is 16.3. The molecule has 1 rings (SSSR count). The Balaban J connectivity index is 2.48. The van der Waals surface area contributed by atoms with E-state index in [1.54, 1.807) is 6.20 Å². The number of aliphatic hydroxyl groups excluding tert-OH is 1. The smallest absolute Gasteiger partial charge is 0.140 e.